The van der Waals surface area contributed by atoms with Crippen molar-refractivity contribution in [3.63, 3.8) is 0 Å². The molecule has 2 N–H and O–H groups in total. The van der Waals surface area contributed by atoms with Gasteiger partial charge in [-0.3, -0.25) is 0 Å². The van der Waals surface area contributed by atoms with Gasteiger partial charge >= 0.3 is 118 Å². The first-order chi connectivity index (χ1) is 11.5. The van der Waals surface area contributed by atoms with Crippen LogP contribution in [0.4, 0.5) is 4.79 Å². The van der Waals surface area contributed by atoms with Crippen LogP contribution in [0.25, 0.3) is 5.57 Å². The molecule has 0 heterocycles. The minimum Gasteiger partial charge on any atom is -0.0622 e. The van der Waals surface area contributed by atoms with E-state index >= 15 is 0 Å². The van der Waals surface area contributed by atoms with Gasteiger partial charge in [0.2, 0.25) is 0 Å². The Hall–Kier alpha value is -1.54. The van der Waals surface area contributed by atoms with Crippen molar-refractivity contribution in [2.24, 2.45) is 5.92 Å². The van der Waals surface area contributed by atoms with Crippen LogP contribution in [0.3, 0.4) is 0 Å². The summed E-state index contributed by atoms with van der Waals surface area (Å²) in [7, 11) is 0. The molecule has 0 spiro atoms. The van der Waals surface area contributed by atoms with E-state index in [1.54, 1.807) is 0 Å². The number of hydrogen-bond acceptors (Lipinski definition) is 5. The first-order valence-electron chi connectivity index (χ1n) is 7.66. The normalized spacial score (nSPS) is 13.8. The third-order valence-electron chi connectivity index (χ3n) is 3.18. The van der Waals surface area contributed by atoms with Crippen LogP contribution in [0.1, 0.15) is 25.8 Å². The Labute approximate surface area is 155 Å². The zero-order valence-corrected chi connectivity index (χ0v) is 16.7. The fraction of sp³-hybridized carbons (Fsp3) is 0.412. The molecule has 1 aromatic rings. The molecule has 2 atom stereocenters. The van der Waals surface area contributed by atoms with Crippen molar-refractivity contribution in [1.82, 2.24) is 5.32 Å². The van der Waals surface area contributed by atoms with Crippen LogP contribution in [0, 0.1) is 5.92 Å². The minimum atomic E-state index is -1.71. The summed E-state index contributed by atoms with van der Waals surface area (Å²) < 4.78 is 9.85. The van der Waals surface area contributed by atoms with Gasteiger partial charge in [-0.2, -0.15) is 0 Å². The number of carbonyl (C=O) groups excluding carboxylic acids is 2. The van der Waals surface area contributed by atoms with Crippen LogP contribution >= 0.6 is 0 Å². The zero-order valence-electron chi connectivity index (χ0n) is 13.8. The molecule has 7 heteroatoms. The number of ether oxygens (including phenoxy) is 2. The number of rotatable bonds is 8. The number of esters is 1. The average Bonchev–Trinajstić information content (AvgIpc) is 2.58. The molecule has 0 fully saturated rings. The van der Waals surface area contributed by atoms with Crippen molar-refractivity contribution >= 4 is 40.2 Å². The van der Waals surface area contributed by atoms with Crippen molar-refractivity contribution in [3.05, 3.63) is 42.0 Å². The fourth-order valence-electron chi connectivity index (χ4n) is 2.03. The van der Waals surface area contributed by atoms with Gasteiger partial charge in [0.25, 0.3) is 0 Å². The van der Waals surface area contributed by atoms with Crippen LogP contribution in [-0.4, -0.2) is 57.2 Å². The van der Waals surface area contributed by atoms with Gasteiger partial charge in [0.15, 0.2) is 0 Å². The van der Waals surface area contributed by atoms with E-state index in [4.69, 9.17) is 4.74 Å². The molecule has 0 aliphatic rings. The Kier molecular flexibility index (Phi) is 9.47. The Bertz CT molecular complexity index is 561. The molecule has 129 valence electrons. The van der Waals surface area contributed by atoms with Crippen molar-refractivity contribution in [1.29, 1.82) is 0 Å². The van der Waals surface area contributed by atoms with Crippen LogP contribution in [-0.2, 0) is 14.3 Å². The zero-order chi connectivity index (χ0) is 17.9. The molecule has 0 aliphatic heterocycles. The topological polar surface area (TPSA) is 84.9 Å². The molecule has 0 aliphatic carbocycles. The maximum absolute atomic E-state index is 11.6. The summed E-state index contributed by atoms with van der Waals surface area (Å²) in [6.07, 6.45) is 0.346. The Morgan fingerprint density at radius 1 is 1.29 bits per heavy atom. The van der Waals surface area contributed by atoms with Gasteiger partial charge in [0.1, 0.15) is 0 Å². The molecule has 0 aromatic heterocycles. The molecule has 1 rings (SSSR count). The van der Waals surface area contributed by atoms with E-state index in [1.807, 2.05) is 48.6 Å². The fourth-order valence-corrected chi connectivity index (χ4v) is 2.44. The first kappa shape index (κ1) is 20.5. The quantitative estimate of drug-likeness (QED) is 0.367. The number of allylic oxidation sites excluding steroid dienone is 1. The number of aliphatic hydroxyl groups excluding tert-OH is 1. The van der Waals surface area contributed by atoms with Crippen LogP contribution in [0.5, 0.6) is 0 Å². The number of amides is 1. The second-order valence-corrected chi connectivity index (χ2v) is 5.97. The van der Waals surface area contributed by atoms with E-state index in [-0.39, 0.29) is 17.1 Å². The maximum atomic E-state index is 11.6. The van der Waals surface area contributed by atoms with E-state index in [0.29, 0.717) is 0 Å². The molecule has 0 saturated carbocycles. The summed E-state index contributed by atoms with van der Waals surface area (Å²) in [6.45, 7) is 4.13. The number of alkyl carbamates (subject to hydrolysis) is 1. The number of nitrogens with one attached hydrogen (secondary N) is 1. The number of aliphatic hydroxyl groups is 1. The summed E-state index contributed by atoms with van der Waals surface area (Å²) in [5.74, 6) is -0.899. The van der Waals surface area contributed by atoms with Crippen molar-refractivity contribution in [3.8, 4) is 0 Å². The third kappa shape index (κ3) is 7.35. The van der Waals surface area contributed by atoms with Gasteiger partial charge in [0.05, 0.1) is 0 Å². The molecule has 2 unspecified atom stereocenters. The molecule has 24 heavy (non-hydrogen) atoms. The van der Waals surface area contributed by atoms with E-state index < -0.39 is 18.3 Å². The van der Waals surface area contributed by atoms with E-state index in [0.717, 1.165) is 34.5 Å². The second kappa shape index (κ2) is 11.1. The number of benzene rings is 1. The van der Waals surface area contributed by atoms with Gasteiger partial charge in [-0.15, -0.1) is 0 Å². The monoisotopic (exact) mass is 440 g/mol. The predicted octanol–water partition coefficient (Wildman–Crippen LogP) is 1.83. The molecule has 0 saturated heterocycles. The van der Waals surface area contributed by atoms with Gasteiger partial charge in [0, 0.05) is 0 Å². The molecule has 1 aromatic carbocycles. The minimum absolute atomic E-state index is 0.00506. The third-order valence-corrected chi connectivity index (χ3v) is 3.59. The summed E-state index contributed by atoms with van der Waals surface area (Å²) in [4.78, 5) is 22.8. The number of hydrogen-bond donors (Lipinski definition) is 2. The van der Waals surface area contributed by atoms with Crippen molar-refractivity contribution in [2.45, 2.75) is 26.5 Å². The second-order valence-electron chi connectivity index (χ2n) is 5.14. The smallest absolute Gasteiger partial charge is 0.0622 e. The SMILES string of the molecule is CC/C(=C/C(C)COC(=O)NC(O)C(=O)O[CH2][Sn])c1ccccc1. The summed E-state index contributed by atoms with van der Waals surface area (Å²) >= 11 is 0.995. The molecular formula is C17H22NO5Sn. The Morgan fingerprint density at radius 2 is 1.96 bits per heavy atom. The summed E-state index contributed by atoms with van der Waals surface area (Å²) in [5.41, 5.74) is 2.30. The van der Waals surface area contributed by atoms with Gasteiger partial charge in [-0.1, -0.05) is 37.3 Å². The van der Waals surface area contributed by atoms with Crippen molar-refractivity contribution < 1.29 is 24.2 Å². The van der Waals surface area contributed by atoms with Gasteiger partial charge in [-0.25, -0.2) is 0 Å². The van der Waals surface area contributed by atoms with Crippen LogP contribution < -0.4 is 5.32 Å². The van der Waals surface area contributed by atoms with Crippen molar-refractivity contribution in [2.75, 3.05) is 11.2 Å². The van der Waals surface area contributed by atoms with E-state index in [2.05, 4.69) is 11.7 Å². The Morgan fingerprint density at radius 3 is 2.54 bits per heavy atom. The standard InChI is InChI=1S/C17H22NO5.Sn/c1-4-13(14-8-6-5-7-9-14)10-12(2)11-23-17(21)18-15(19)16(20)22-3;/h5-10,12,15,19H,3-4,11H2,1-2H3,(H,18,21);/b13-10-;. The van der Waals surface area contributed by atoms with Crippen LogP contribution in [0.2, 0.25) is 0 Å². The van der Waals surface area contributed by atoms with E-state index in [1.165, 1.54) is 5.57 Å². The first-order valence-corrected chi connectivity index (χ1v) is 9.68. The molecule has 0 bridgehead atoms. The molecule has 6 nitrogen and oxygen atoms in total. The van der Waals surface area contributed by atoms with Crippen LogP contribution in [0.15, 0.2) is 36.4 Å². The molecule has 3 radical (unpaired) electrons. The Balaban J connectivity index is 2.50. The summed E-state index contributed by atoms with van der Waals surface area (Å²) in [6, 6.07) is 9.99. The predicted molar refractivity (Wildman–Crippen MR) is 91.1 cm³/mol. The average molecular weight is 439 g/mol. The summed E-state index contributed by atoms with van der Waals surface area (Å²) in [5, 5.41) is 11.5. The molecular weight excluding hydrogens is 417 g/mol. The van der Waals surface area contributed by atoms with Gasteiger partial charge in [-0.05, 0) is 0 Å². The molecule has 1 amide bonds. The van der Waals surface area contributed by atoms with Gasteiger partial charge < -0.3 is 0 Å². The number of carbonyl (C=O) groups is 2. The van der Waals surface area contributed by atoms with E-state index in [9.17, 15) is 14.7 Å².